The molecule has 0 saturated heterocycles. The molecule has 0 radical (unpaired) electrons. The number of nitrogens with zero attached hydrogens (tertiary/aromatic N) is 1. The van der Waals surface area contributed by atoms with Gasteiger partial charge < -0.3 is 5.32 Å². The first-order chi connectivity index (χ1) is 9.15. The van der Waals surface area contributed by atoms with Gasteiger partial charge in [-0.1, -0.05) is 18.2 Å². The van der Waals surface area contributed by atoms with E-state index in [0.717, 1.165) is 18.4 Å². The van der Waals surface area contributed by atoms with Crippen LogP contribution in [0.5, 0.6) is 0 Å². The van der Waals surface area contributed by atoms with Crippen molar-refractivity contribution in [3.05, 3.63) is 36.5 Å². The van der Waals surface area contributed by atoms with Crippen LogP contribution in [-0.2, 0) is 10.0 Å². The SMILES string of the molecule is CNCCCNS(=O)(=O)c1cccc2cccnc12.Cl. The highest BCUT2D eigenvalue weighted by Gasteiger charge is 2.17. The van der Waals surface area contributed by atoms with Crippen LogP contribution in [0.2, 0.25) is 0 Å². The first kappa shape index (κ1) is 16.8. The molecule has 0 aliphatic rings. The van der Waals surface area contributed by atoms with Gasteiger partial charge in [-0.3, -0.25) is 4.98 Å². The highest BCUT2D eigenvalue weighted by Crippen LogP contribution is 2.20. The Labute approximate surface area is 125 Å². The molecular formula is C13H18ClN3O2S. The third kappa shape index (κ3) is 3.89. The summed E-state index contributed by atoms with van der Waals surface area (Å²) in [6.45, 7) is 1.18. The van der Waals surface area contributed by atoms with Crippen molar-refractivity contribution >= 4 is 33.3 Å². The molecule has 110 valence electrons. The smallest absolute Gasteiger partial charge is 0.242 e. The normalized spacial score (nSPS) is 11.2. The van der Waals surface area contributed by atoms with E-state index in [-0.39, 0.29) is 17.3 Å². The Morgan fingerprint density at radius 3 is 2.65 bits per heavy atom. The van der Waals surface area contributed by atoms with E-state index < -0.39 is 10.0 Å². The van der Waals surface area contributed by atoms with Crippen LogP contribution in [-0.4, -0.2) is 33.5 Å². The Kier molecular flexibility index (Phi) is 6.35. The standard InChI is InChI=1S/C13H17N3O2S.ClH/c1-14-8-4-10-16-19(17,18)12-7-2-5-11-6-3-9-15-13(11)12;/h2-3,5-7,9,14,16H,4,8,10H2,1H3;1H. The summed E-state index contributed by atoms with van der Waals surface area (Å²) in [5.41, 5.74) is 0.506. The number of hydrogen-bond acceptors (Lipinski definition) is 4. The monoisotopic (exact) mass is 315 g/mol. The molecule has 5 nitrogen and oxygen atoms in total. The number of benzene rings is 1. The van der Waals surface area contributed by atoms with Crippen LogP contribution in [0, 0.1) is 0 Å². The number of aromatic nitrogens is 1. The molecule has 0 aliphatic carbocycles. The van der Waals surface area contributed by atoms with Gasteiger partial charge in [0.2, 0.25) is 10.0 Å². The molecule has 0 aliphatic heterocycles. The molecule has 1 aromatic heterocycles. The van der Waals surface area contributed by atoms with Gasteiger partial charge in [0.25, 0.3) is 0 Å². The zero-order valence-electron chi connectivity index (χ0n) is 11.2. The first-order valence-corrected chi connectivity index (χ1v) is 7.61. The molecule has 2 N–H and O–H groups in total. The summed E-state index contributed by atoms with van der Waals surface area (Å²) < 4.78 is 27.1. The summed E-state index contributed by atoms with van der Waals surface area (Å²) in [6, 6.07) is 8.80. The van der Waals surface area contributed by atoms with Gasteiger partial charge in [-0.05, 0) is 32.1 Å². The van der Waals surface area contributed by atoms with Gasteiger partial charge >= 0.3 is 0 Å². The average Bonchev–Trinajstić information content (AvgIpc) is 2.43. The number of halogens is 1. The van der Waals surface area contributed by atoms with Crippen molar-refractivity contribution < 1.29 is 8.42 Å². The van der Waals surface area contributed by atoms with Crippen LogP contribution in [0.15, 0.2) is 41.4 Å². The van der Waals surface area contributed by atoms with Crippen LogP contribution in [0.4, 0.5) is 0 Å². The lowest BCUT2D eigenvalue weighted by atomic mass is 10.2. The van der Waals surface area contributed by atoms with Crippen LogP contribution >= 0.6 is 12.4 Å². The molecule has 2 rings (SSSR count). The van der Waals surface area contributed by atoms with E-state index in [1.54, 1.807) is 24.4 Å². The topological polar surface area (TPSA) is 71.1 Å². The van der Waals surface area contributed by atoms with Crippen LogP contribution in [0.3, 0.4) is 0 Å². The Hall–Kier alpha value is -1.21. The van der Waals surface area contributed by atoms with Crippen molar-refractivity contribution in [3.63, 3.8) is 0 Å². The van der Waals surface area contributed by atoms with Gasteiger partial charge in [-0.15, -0.1) is 12.4 Å². The molecule has 2 aromatic rings. The van der Waals surface area contributed by atoms with E-state index in [0.29, 0.717) is 12.1 Å². The minimum Gasteiger partial charge on any atom is -0.320 e. The number of nitrogens with one attached hydrogen (secondary N) is 2. The fourth-order valence-corrected chi connectivity index (χ4v) is 3.09. The quantitative estimate of drug-likeness (QED) is 0.793. The van der Waals surface area contributed by atoms with Crippen LogP contribution < -0.4 is 10.0 Å². The maximum atomic E-state index is 12.2. The second-order valence-electron chi connectivity index (χ2n) is 4.19. The van der Waals surface area contributed by atoms with Crippen molar-refractivity contribution in [2.45, 2.75) is 11.3 Å². The molecule has 0 spiro atoms. The van der Waals surface area contributed by atoms with E-state index >= 15 is 0 Å². The third-order valence-corrected chi connectivity index (χ3v) is 4.27. The van der Waals surface area contributed by atoms with Crippen molar-refractivity contribution in [1.29, 1.82) is 0 Å². The van der Waals surface area contributed by atoms with E-state index in [2.05, 4.69) is 15.0 Å². The first-order valence-electron chi connectivity index (χ1n) is 6.13. The van der Waals surface area contributed by atoms with Gasteiger partial charge in [-0.2, -0.15) is 0 Å². The summed E-state index contributed by atoms with van der Waals surface area (Å²) in [5.74, 6) is 0. The average molecular weight is 316 g/mol. The molecular weight excluding hydrogens is 298 g/mol. The Balaban J connectivity index is 0.00000200. The highest BCUT2D eigenvalue weighted by molar-refractivity contribution is 7.89. The molecule has 1 heterocycles. The maximum absolute atomic E-state index is 12.2. The van der Waals surface area contributed by atoms with Gasteiger partial charge in [0.05, 0.1) is 5.52 Å². The molecule has 0 fully saturated rings. The lowest BCUT2D eigenvalue weighted by molar-refractivity contribution is 0.578. The minimum atomic E-state index is -3.51. The van der Waals surface area contributed by atoms with E-state index in [4.69, 9.17) is 0 Å². The van der Waals surface area contributed by atoms with Gasteiger partial charge in [0, 0.05) is 18.1 Å². The van der Waals surface area contributed by atoms with E-state index in [1.807, 2.05) is 19.2 Å². The fourth-order valence-electron chi connectivity index (χ4n) is 1.84. The van der Waals surface area contributed by atoms with Crippen LogP contribution in [0.25, 0.3) is 10.9 Å². The Morgan fingerprint density at radius 2 is 1.90 bits per heavy atom. The lowest BCUT2D eigenvalue weighted by Crippen LogP contribution is -2.27. The summed E-state index contributed by atoms with van der Waals surface area (Å²) in [6.07, 6.45) is 2.34. The predicted octanol–water partition coefficient (Wildman–Crippen LogP) is 1.54. The maximum Gasteiger partial charge on any atom is 0.242 e. The largest absolute Gasteiger partial charge is 0.320 e. The molecule has 0 saturated carbocycles. The van der Waals surface area contributed by atoms with Crippen molar-refractivity contribution in [3.8, 4) is 0 Å². The molecule has 1 aromatic carbocycles. The number of para-hydroxylation sites is 1. The molecule has 0 amide bonds. The molecule has 20 heavy (non-hydrogen) atoms. The summed E-state index contributed by atoms with van der Waals surface area (Å²) in [5, 5.41) is 3.80. The van der Waals surface area contributed by atoms with Gasteiger partial charge in [-0.25, -0.2) is 13.1 Å². The van der Waals surface area contributed by atoms with Crippen molar-refractivity contribution in [2.75, 3.05) is 20.1 Å². The summed E-state index contributed by atoms with van der Waals surface area (Å²) >= 11 is 0. The minimum absolute atomic E-state index is 0. The number of fused-ring (bicyclic) bond motifs is 1. The summed E-state index contributed by atoms with van der Waals surface area (Å²) in [7, 11) is -1.67. The highest BCUT2D eigenvalue weighted by atomic mass is 35.5. The van der Waals surface area contributed by atoms with Crippen molar-refractivity contribution in [1.82, 2.24) is 15.0 Å². The second kappa shape index (κ2) is 7.54. The van der Waals surface area contributed by atoms with E-state index in [9.17, 15) is 8.42 Å². The molecule has 0 bridgehead atoms. The number of pyridine rings is 1. The van der Waals surface area contributed by atoms with Crippen molar-refractivity contribution in [2.24, 2.45) is 0 Å². The zero-order valence-corrected chi connectivity index (χ0v) is 12.8. The van der Waals surface area contributed by atoms with Gasteiger partial charge in [0.1, 0.15) is 4.90 Å². The summed E-state index contributed by atoms with van der Waals surface area (Å²) in [4.78, 5) is 4.39. The second-order valence-corrected chi connectivity index (χ2v) is 5.92. The number of rotatable bonds is 6. The van der Waals surface area contributed by atoms with E-state index in [1.165, 1.54) is 0 Å². The number of sulfonamides is 1. The number of hydrogen-bond donors (Lipinski definition) is 2. The zero-order chi connectivity index (χ0) is 13.7. The molecule has 0 atom stereocenters. The Bertz CT molecular complexity index is 656. The fraction of sp³-hybridized carbons (Fsp3) is 0.308. The predicted molar refractivity (Wildman–Crippen MR) is 82.7 cm³/mol. The van der Waals surface area contributed by atoms with Crippen LogP contribution in [0.1, 0.15) is 6.42 Å². The Morgan fingerprint density at radius 1 is 1.15 bits per heavy atom. The molecule has 0 unspecified atom stereocenters. The molecule has 7 heteroatoms. The van der Waals surface area contributed by atoms with Gasteiger partial charge in [0.15, 0.2) is 0 Å². The lowest BCUT2D eigenvalue weighted by Gasteiger charge is -2.08. The third-order valence-electron chi connectivity index (χ3n) is 2.78.